The van der Waals surface area contributed by atoms with Crippen LogP contribution in [0.5, 0.6) is 0 Å². The van der Waals surface area contributed by atoms with Gasteiger partial charge in [0, 0.05) is 0 Å². The lowest BCUT2D eigenvalue weighted by Crippen LogP contribution is -1.94. The molecule has 0 fully saturated rings. The fraction of sp³-hybridized carbons (Fsp3) is 0.250. The van der Waals surface area contributed by atoms with Gasteiger partial charge in [0.25, 0.3) is 0 Å². The molecule has 0 aromatic heterocycles. The van der Waals surface area contributed by atoms with Crippen LogP contribution in [0.4, 0.5) is 0 Å². The van der Waals surface area contributed by atoms with Gasteiger partial charge in [0.2, 0.25) is 0 Å². The second-order valence-electron chi connectivity index (χ2n) is 4.26. The van der Waals surface area contributed by atoms with Crippen LogP contribution in [0, 0.1) is 0 Å². The third-order valence-electron chi connectivity index (χ3n) is 3.19. The van der Waals surface area contributed by atoms with E-state index in [-0.39, 0.29) is 0 Å². The van der Waals surface area contributed by atoms with Gasteiger partial charge in [0.15, 0.2) is 0 Å². The van der Waals surface area contributed by atoms with Crippen molar-refractivity contribution in [2.75, 3.05) is 0 Å². The topological polar surface area (TPSA) is 0 Å². The van der Waals surface area contributed by atoms with Crippen LogP contribution in [-0.4, -0.2) is 0 Å². The van der Waals surface area contributed by atoms with E-state index in [4.69, 9.17) is 0 Å². The minimum absolute atomic E-state index is 0.622. The molecule has 0 heterocycles. The summed E-state index contributed by atoms with van der Waals surface area (Å²) in [5.41, 5.74) is 4.15. The smallest absolute Gasteiger partial charge is 0.0149 e. The average molecular weight is 210 g/mol. The van der Waals surface area contributed by atoms with Gasteiger partial charge in [-0.25, -0.2) is 0 Å². The van der Waals surface area contributed by atoms with E-state index in [0.717, 1.165) is 0 Å². The van der Waals surface area contributed by atoms with E-state index in [1.807, 2.05) is 0 Å². The van der Waals surface area contributed by atoms with Crippen molar-refractivity contribution >= 4 is 0 Å². The molecule has 2 rings (SSSR count). The molecule has 0 aliphatic carbocycles. The summed E-state index contributed by atoms with van der Waals surface area (Å²) < 4.78 is 0. The van der Waals surface area contributed by atoms with Crippen LogP contribution in [0.25, 0.3) is 11.1 Å². The Morgan fingerprint density at radius 2 is 1.50 bits per heavy atom. The van der Waals surface area contributed by atoms with Crippen LogP contribution in [-0.2, 0) is 0 Å². The lowest BCUT2D eigenvalue weighted by Gasteiger charge is -2.14. The van der Waals surface area contributed by atoms with Crippen molar-refractivity contribution in [1.82, 2.24) is 0 Å². The van der Waals surface area contributed by atoms with Crippen LogP contribution in [0.15, 0.2) is 54.6 Å². The standard InChI is InChI=1S/C16H18/c1-3-13(2)15-11-7-8-12-16(15)14-9-5-4-6-10-14/h4-13H,3H2,1-2H3. The van der Waals surface area contributed by atoms with Gasteiger partial charge in [-0.3, -0.25) is 0 Å². The summed E-state index contributed by atoms with van der Waals surface area (Å²) >= 11 is 0. The van der Waals surface area contributed by atoms with E-state index < -0.39 is 0 Å². The number of hydrogen-bond donors (Lipinski definition) is 0. The molecule has 0 aliphatic heterocycles. The average Bonchev–Trinajstić information content (AvgIpc) is 2.39. The number of benzene rings is 2. The summed E-state index contributed by atoms with van der Waals surface area (Å²) in [5, 5.41) is 0. The van der Waals surface area contributed by atoms with E-state index in [2.05, 4.69) is 68.4 Å². The molecule has 2 aromatic rings. The predicted molar refractivity (Wildman–Crippen MR) is 70.6 cm³/mol. The van der Waals surface area contributed by atoms with E-state index in [1.54, 1.807) is 0 Å². The zero-order valence-electron chi connectivity index (χ0n) is 9.98. The lowest BCUT2D eigenvalue weighted by molar-refractivity contribution is 0.735. The van der Waals surface area contributed by atoms with Crippen LogP contribution < -0.4 is 0 Å². The molecule has 2 aromatic carbocycles. The second-order valence-corrected chi connectivity index (χ2v) is 4.26. The van der Waals surface area contributed by atoms with Gasteiger partial charge in [-0.2, -0.15) is 0 Å². The third-order valence-corrected chi connectivity index (χ3v) is 3.19. The third kappa shape index (κ3) is 2.16. The molecule has 0 saturated carbocycles. The predicted octanol–water partition coefficient (Wildman–Crippen LogP) is 4.87. The Bertz CT molecular complexity index is 443. The Hall–Kier alpha value is -1.56. The van der Waals surface area contributed by atoms with Gasteiger partial charge in [-0.15, -0.1) is 0 Å². The van der Waals surface area contributed by atoms with Crippen molar-refractivity contribution in [1.29, 1.82) is 0 Å². The van der Waals surface area contributed by atoms with Gasteiger partial charge in [0.05, 0.1) is 0 Å². The maximum absolute atomic E-state index is 2.29. The van der Waals surface area contributed by atoms with Crippen molar-refractivity contribution < 1.29 is 0 Å². The quantitative estimate of drug-likeness (QED) is 0.678. The molecule has 0 spiro atoms. The first-order valence-electron chi connectivity index (χ1n) is 5.97. The molecule has 0 aliphatic rings. The molecule has 0 radical (unpaired) electrons. The Balaban J connectivity index is 2.49. The molecule has 0 bridgehead atoms. The minimum Gasteiger partial charge on any atom is -0.0648 e. The Morgan fingerprint density at radius 3 is 2.19 bits per heavy atom. The first-order valence-corrected chi connectivity index (χ1v) is 5.97. The van der Waals surface area contributed by atoms with Crippen LogP contribution in [0.3, 0.4) is 0 Å². The Labute approximate surface area is 97.9 Å². The molecular formula is C16H18. The van der Waals surface area contributed by atoms with Crippen molar-refractivity contribution in [2.24, 2.45) is 0 Å². The molecular weight excluding hydrogens is 192 g/mol. The zero-order chi connectivity index (χ0) is 11.4. The van der Waals surface area contributed by atoms with E-state index >= 15 is 0 Å². The number of hydrogen-bond acceptors (Lipinski definition) is 0. The normalized spacial score (nSPS) is 12.4. The van der Waals surface area contributed by atoms with Crippen molar-refractivity contribution in [3.05, 3.63) is 60.2 Å². The molecule has 0 nitrogen and oxygen atoms in total. The summed E-state index contributed by atoms with van der Waals surface area (Å²) in [6, 6.07) is 19.3. The number of rotatable bonds is 3. The highest BCUT2D eigenvalue weighted by Gasteiger charge is 2.09. The maximum atomic E-state index is 2.29. The maximum Gasteiger partial charge on any atom is -0.0149 e. The largest absolute Gasteiger partial charge is 0.0648 e. The van der Waals surface area contributed by atoms with Crippen LogP contribution in [0.1, 0.15) is 31.7 Å². The fourth-order valence-corrected chi connectivity index (χ4v) is 2.03. The van der Waals surface area contributed by atoms with Gasteiger partial charge >= 0.3 is 0 Å². The molecule has 1 atom stereocenters. The molecule has 16 heavy (non-hydrogen) atoms. The molecule has 82 valence electrons. The van der Waals surface area contributed by atoms with Crippen LogP contribution >= 0.6 is 0 Å². The lowest BCUT2D eigenvalue weighted by atomic mass is 9.90. The van der Waals surface area contributed by atoms with E-state index in [9.17, 15) is 0 Å². The summed E-state index contributed by atoms with van der Waals surface area (Å²) in [4.78, 5) is 0. The van der Waals surface area contributed by atoms with Gasteiger partial charge in [-0.05, 0) is 29.0 Å². The summed E-state index contributed by atoms with van der Waals surface area (Å²) in [5.74, 6) is 0.622. The van der Waals surface area contributed by atoms with Gasteiger partial charge in [-0.1, -0.05) is 68.4 Å². The monoisotopic (exact) mass is 210 g/mol. The van der Waals surface area contributed by atoms with Gasteiger partial charge < -0.3 is 0 Å². The Kier molecular flexibility index (Phi) is 3.40. The molecule has 0 amide bonds. The van der Waals surface area contributed by atoms with E-state index in [0.29, 0.717) is 5.92 Å². The molecule has 0 heteroatoms. The summed E-state index contributed by atoms with van der Waals surface area (Å²) in [6.07, 6.45) is 1.18. The van der Waals surface area contributed by atoms with E-state index in [1.165, 1.54) is 23.1 Å². The van der Waals surface area contributed by atoms with Crippen molar-refractivity contribution in [3.8, 4) is 11.1 Å². The first kappa shape index (κ1) is 10.9. The molecule has 0 saturated heterocycles. The zero-order valence-corrected chi connectivity index (χ0v) is 9.98. The highest BCUT2D eigenvalue weighted by molar-refractivity contribution is 5.67. The Morgan fingerprint density at radius 1 is 0.875 bits per heavy atom. The molecule has 1 unspecified atom stereocenters. The summed E-state index contributed by atoms with van der Waals surface area (Å²) in [7, 11) is 0. The minimum atomic E-state index is 0.622. The van der Waals surface area contributed by atoms with Gasteiger partial charge in [0.1, 0.15) is 0 Å². The molecule has 0 N–H and O–H groups in total. The fourth-order valence-electron chi connectivity index (χ4n) is 2.03. The van der Waals surface area contributed by atoms with Crippen molar-refractivity contribution in [3.63, 3.8) is 0 Å². The first-order chi connectivity index (χ1) is 7.83. The van der Waals surface area contributed by atoms with Crippen molar-refractivity contribution in [2.45, 2.75) is 26.2 Å². The van der Waals surface area contributed by atoms with Crippen LogP contribution in [0.2, 0.25) is 0 Å². The summed E-state index contributed by atoms with van der Waals surface area (Å²) in [6.45, 7) is 4.54. The highest BCUT2D eigenvalue weighted by atomic mass is 14.1. The second kappa shape index (κ2) is 4.98. The SMILES string of the molecule is CCC(C)c1ccccc1-c1ccccc1. The highest BCUT2D eigenvalue weighted by Crippen LogP contribution is 2.30.